The molecular weight excluding hydrogens is 310 g/mol. The van der Waals surface area contributed by atoms with Crippen LogP contribution in [0.2, 0.25) is 0 Å². The average Bonchev–Trinajstić information content (AvgIpc) is 3.29. The summed E-state index contributed by atoms with van der Waals surface area (Å²) in [4.78, 5) is 12.1. The van der Waals surface area contributed by atoms with E-state index in [-0.39, 0.29) is 12.7 Å². The van der Waals surface area contributed by atoms with E-state index in [9.17, 15) is 4.79 Å². The Balaban J connectivity index is 1.42. The van der Waals surface area contributed by atoms with Crippen LogP contribution in [0.25, 0.3) is 11.5 Å². The first-order valence-electron chi connectivity index (χ1n) is 7.35. The fourth-order valence-corrected chi connectivity index (χ4v) is 2.32. The molecule has 3 aromatic rings. The number of benzene rings is 2. The minimum atomic E-state index is -0.428. The van der Waals surface area contributed by atoms with E-state index in [0.717, 1.165) is 11.1 Å². The maximum Gasteiger partial charge on any atom is 0.309 e. The molecule has 1 amide bonds. The number of aromatic nitrogens is 2. The molecule has 7 heteroatoms. The Hall–Kier alpha value is -3.35. The highest BCUT2D eigenvalue weighted by Crippen LogP contribution is 2.32. The minimum absolute atomic E-state index is 0.0744. The molecule has 0 unspecified atom stereocenters. The topological polar surface area (TPSA) is 86.5 Å². The van der Waals surface area contributed by atoms with Crippen molar-refractivity contribution in [1.29, 1.82) is 0 Å². The van der Waals surface area contributed by atoms with Gasteiger partial charge in [-0.2, -0.15) is 0 Å². The minimum Gasteiger partial charge on any atom is -0.454 e. The van der Waals surface area contributed by atoms with Crippen LogP contribution in [-0.4, -0.2) is 22.9 Å². The number of hydrogen-bond acceptors (Lipinski definition) is 6. The van der Waals surface area contributed by atoms with Crippen LogP contribution in [0.1, 0.15) is 16.2 Å². The predicted molar refractivity (Wildman–Crippen MR) is 83.5 cm³/mol. The van der Waals surface area contributed by atoms with Gasteiger partial charge in [0.15, 0.2) is 11.5 Å². The maximum absolute atomic E-state index is 12.1. The fourth-order valence-electron chi connectivity index (χ4n) is 2.32. The summed E-state index contributed by atoms with van der Waals surface area (Å²) in [6, 6.07) is 14.8. The number of nitrogens with zero attached hydrogens (tertiary/aromatic N) is 2. The quantitative estimate of drug-likeness (QED) is 0.793. The number of fused-ring (bicyclic) bond motifs is 1. The molecule has 7 nitrogen and oxygen atoms in total. The number of ether oxygens (including phenoxy) is 2. The number of nitrogens with one attached hydrogen (secondary N) is 1. The van der Waals surface area contributed by atoms with E-state index in [0.29, 0.717) is 23.9 Å². The molecule has 0 saturated heterocycles. The molecule has 0 bridgehead atoms. The summed E-state index contributed by atoms with van der Waals surface area (Å²) < 4.78 is 16.0. The molecule has 0 spiro atoms. The van der Waals surface area contributed by atoms with Crippen LogP contribution in [0.5, 0.6) is 11.5 Å². The van der Waals surface area contributed by atoms with E-state index < -0.39 is 5.91 Å². The second-order valence-electron chi connectivity index (χ2n) is 5.15. The van der Waals surface area contributed by atoms with Crippen molar-refractivity contribution in [1.82, 2.24) is 15.5 Å². The lowest BCUT2D eigenvalue weighted by Gasteiger charge is -2.04. The zero-order chi connectivity index (χ0) is 16.4. The molecule has 2 heterocycles. The van der Waals surface area contributed by atoms with Gasteiger partial charge in [0.05, 0.1) is 0 Å². The molecule has 0 fully saturated rings. The van der Waals surface area contributed by atoms with Crippen LogP contribution >= 0.6 is 0 Å². The van der Waals surface area contributed by atoms with Crippen molar-refractivity contribution in [2.75, 3.05) is 6.79 Å². The zero-order valence-corrected chi connectivity index (χ0v) is 12.6. The molecule has 1 aliphatic rings. The summed E-state index contributed by atoms with van der Waals surface area (Å²) in [5, 5.41) is 10.4. The van der Waals surface area contributed by atoms with Crippen molar-refractivity contribution in [3.05, 3.63) is 60.0 Å². The highest BCUT2D eigenvalue weighted by Gasteiger charge is 2.17. The second-order valence-corrected chi connectivity index (χ2v) is 5.15. The van der Waals surface area contributed by atoms with Crippen LogP contribution < -0.4 is 14.8 Å². The van der Waals surface area contributed by atoms with Crippen LogP contribution in [-0.2, 0) is 6.54 Å². The first-order valence-corrected chi connectivity index (χ1v) is 7.35. The number of rotatable bonds is 4. The molecular formula is C17H13N3O4. The van der Waals surface area contributed by atoms with Crippen molar-refractivity contribution in [2.24, 2.45) is 0 Å². The third-order valence-corrected chi connectivity index (χ3v) is 3.53. The largest absolute Gasteiger partial charge is 0.454 e. The van der Waals surface area contributed by atoms with Crippen molar-refractivity contribution in [2.45, 2.75) is 6.54 Å². The van der Waals surface area contributed by atoms with Crippen molar-refractivity contribution in [3.63, 3.8) is 0 Å². The van der Waals surface area contributed by atoms with E-state index in [1.54, 1.807) is 0 Å². The number of carbonyl (C=O) groups is 1. The van der Waals surface area contributed by atoms with Gasteiger partial charge in [-0.25, -0.2) is 0 Å². The Morgan fingerprint density at radius 2 is 1.88 bits per heavy atom. The van der Waals surface area contributed by atoms with Gasteiger partial charge in [-0.3, -0.25) is 4.79 Å². The van der Waals surface area contributed by atoms with Gasteiger partial charge in [0.25, 0.3) is 0 Å². The lowest BCUT2D eigenvalue weighted by Crippen LogP contribution is -2.23. The molecule has 0 saturated carbocycles. The van der Waals surface area contributed by atoms with E-state index in [2.05, 4.69) is 15.5 Å². The average molecular weight is 323 g/mol. The van der Waals surface area contributed by atoms with E-state index in [4.69, 9.17) is 13.9 Å². The van der Waals surface area contributed by atoms with Crippen molar-refractivity contribution in [3.8, 4) is 23.0 Å². The fraction of sp³-hybridized carbons (Fsp3) is 0.118. The monoisotopic (exact) mass is 323 g/mol. The normalized spacial score (nSPS) is 12.2. The molecule has 0 radical (unpaired) electrons. The summed E-state index contributed by atoms with van der Waals surface area (Å²) in [6.07, 6.45) is 0. The van der Waals surface area contributed by atoms with Crippen LogP contribution in [0.15, 0.2) is 52.9 Å². The Morgan fingerprint density at radius 1 is 1.04 bits per heavy atom. The van der Waals surface area contributed by atoms with E-state index in [1.807, 2.05) is 48.5 Å². The SMILES string of the molecule is O=C(NCc1ccc2c(c1)OCO2)c1nnc(-c2ccccc2)o1. The molecule has 2 aromatic carbocycles. The summed E-state index contributed by atoms with van der Waals surface area (Å²) in [6.45, 7) is 0.536. The third kappa shape index (κ3) is 2.79. The highest BCUT2D eigenvalue weighted by molar-refractivity contribution is 5.89. The Labute approximate surface area is 137 Å². The Bertz CT molecular complexity index is 877. The highest BCUT2D eigenvalue weighted by atomic mass is 16.7. The van der Waals surface area contributed by atoms with Crippen molar-refractivity contribution >= 4 is 5.91 Å². The van der Waals surface area contributed by atoms with Gasteiger partial charge in [-0.15, -0.1) is 10.2 Å². The van der Waals surface area contributed by atoms with E-state index >= 15 is 0 Å². The first kappa shape index (κ1) is 14.3. The Morgan fingerprint density at radius 3 is 2.75 bits per heavy atom. The lowest BCUT2D eigenvalue weighted by atomic mass is 10.2. The summed E-state index contributed by atoms with van der Waals surface area (Å²) in [7, 11) is 0. The molecule has 1 N–H and O–H groups in total. The van der Waals surface area contributed by atoms with Crippen LogP contribution in [0.3, 0.4) is 0 Å². The summed E-state index contributed by atoms with van der Waals surface area (Å²) >= 11 is 0. The van der Waals surface area contributed by atoms with Gasteiger partial charge in [-0.05, 0) is 29.8 Å². The molecule has 120 valence electrons. The van der Waals surface area contributed by atoms with Crippen LogP contribution in [0.4, 0.5) is 0 Å². The van der Waals surface area contributed by atoms with Crippen LogP contribution in [0, 0.1) is 0 Å². The number of hydrogen-bond donors (Lipinski definition) is 1. The molecule has 24 heavy (non-hydrogen) atoms. The number of amides is 1. The van der Waals surface area contributed by atoms with Gasteiger partial charge in [0.2, 0.25) is 12.7 Å². The predicted octanol–water partition coefficient (Wildman–Crippen LogP) is 2.40. The molecule has 4 rings (SSSR count). The smallest absolute Gasteiger partial charge is 0.309 e. The second kappa shape index (κ2) is 6.04. The van der Waals surface area contributed by atoms with Gasteiger partial charge in [0, 0.05) is 12.1 Å². The summed E-state index contributed by atoms with van der Waals surface area (Å²) in [5.74, 6) is 1.18. The zero-order valence-electron chi connectivity index (χ0n) is 12.6. The molecule has 1 aliphatic heterocycles. The van der Waals surface area contributed by atoms with Gasteiger partial charge in [-0.1, -0.05) is 24.3 Å². The van der Waals surface area contributed by atoms with Gasteiger partial charge < -0.3 is 19.2 Å². The molecule has 1 aromatic heterocycles. The maximum atomic E-state index is 12.1. The van der Waals surface area contributed by atoms with E-state index in [1.165, 1.54) is 0 Å². The molecule has 0 atom stereocenters. The first-order chi connectivity index (χ1) is 11.8. The summed E-state index contributed by atoms with van der Waals surface area (Å²) in [5.41, 5.74) is 1.65. The molecule has 0 aliphatic carbocycles. The van der Waals surface area contributed by atoms with Crippen molar-refractivity contribution < 1.29 is 18.7 Å². The number of carbonyl (C=O) groups excluding carboxylic acids is 1. The Kier molecular flexibility index (Phi) is 3.59. The van der Waals surface area contributed by atoms with Gasteiger partial charge in [0.1, 0.15) is 0 Å². The standard InChI is InChI=1S/C17H13N3O4/c21-15(17-20-19-16(24-17)12-4-2-1-3-5-12)18-9-11-6-7-13-14(8-11)23-10-22-13/h1-8H,9-10H2,(H,18,21). The third-order valence-electron chi connectivity index (χ3n) is 3.53. The van der Waals surface area contributed by atoms with Gasteiger partial charge >= 0.3 is 11.8 Å². The lowest BCUT2D eigenvalue weighted by molar-refractivity contribution is 0.0916.